The standard InChI is InChI=1S/C19H23ClN6O2/c1-10(2)13-15(21)22-9-23-16(13)24-12-8-11(20)14-17(27)25-19(26(14)18(12)28)6-4-3-5-7-19/h8-10H,3-7H2,1-2H3,(H,25,27)(H3,21,22,23,24). The van der Waals surface area contributed by atoms with E-state index in [2.05, 4.69) is 20.6 Å². The quantitative estimate of drug-likeness (QED) is 0.726. The molecular weight excluding hydrogens is 380 g/mol. The lowest BCUT2D eigenvalue weighted by Gasteiger charge is -2.35. The molecule has 1 saturated carbocycles. The first-order chi connectivity index (χ1) is 13.3. The van der Waals surface area contributed by atoms with Gasteiger partial charge in [0.05, 0.1) is 5.02 Å². The number of anilines is 3. The van der Waals surface area contributed by atoms with Crippen LogP contribution in [0.15, 0.2) is 17.2 Å². The molecule has 2 aromatic rings. The van der Waals surface area contributed by atoms with Crippen molar-refractivity contribution < 1.29 is 4.79 Å². The summed E-state index contributed by atoms with van der Waals surface area (Å²) >= 11 is 6.43. The fourth-order valence-electron chi connectivity index (χ4n) is 4.31. The first-order valence-electron chi connectivity index (χ1n) is 9.50. The Morgan fingerprint density at radius 1 is 1.25 bits per heavy atom. The van der Waals surface area contributed by atoms with Gasteiger partial charge in [0.15, 0.2) is 0 Å². The largest absolute Gasteiger partial charge is 0.383 e. The first kappa shape index (κ1) is 18.7. The van der Waals surface area contributed by atoms with E-state index in [9.17, 15) is 9.59 Å². The molecule has 28 heavy (non-hydrogen) atoms. The van der Waals surface area contributed by atoms with Crippen LogP contribution in [0.2, 0.25) is 5.02 Å². The van der Waals surface area contributed by atoms with Gasteiger partial charge in [0.2, 0.25) is 0 Å². The molecule has 1 amide bonds. The number of carbonyl (C=O) groups is 1. The Morgan fingerprint density at radius 2 is 1.96 bits per heavy atom. The number of nitrogens with two attached hydrogens (primary N) is 1. The van der Waals surface area contributed by atoms with Crippen molar-refractivity contribution in [2.45, 2.75) is 57.5 Å². The minimum atomic E-state index is -0.700. The highest BCUT2D eigenvalue weighted by atomic mass is 35.5. The average molecular weight is 403 g/mol. The summed E-state index contributed by atoms with van der Waals surface area (Å²) in [4.78, 5) is 34.2. The Hall–Kier alpha value is -2.61. The number of hydrogen-bond donors (Lipinski definition) is 3. The molecular formula is C19H23ClN6O2. The number of nitrogen functional groups attached to an aromatic ring is 1. The Morgan fingerprint density at radius 3 is 2.64 bits per heavy atom. The van der Waals surface area contributed by atoms with Crippen molar-refractivity contribution in [1.29, 1.82) is 0 Å². The molecule has 1 aliphatic carbocycles. The van der Waals surface area contributed by atoms with Crippen LogP contribution in [0, 0.1) is 0 Å². The van der Waals surface area contributed by atoms with Crippen LogP contribution < -0.4 is 21.9 Å². The van der Waals surface area contributed by atoms with E-state index >= 15 is 0 Å². The van der Waals surface area contributed by atoms with E-state index in [1.54, 1.807) is 4.57 Å². The summed E-state index contributed by atoms with van der Waals surface area (Å²) in [5.41, 5.74) is 6.22. The SMILES string of the molecule is CC(C)c1c(N)ncnc1Nc1cc(Cl)c2n(c1=O)C1(CCCCC1)NC2=O. The van der Waals surface area contributed by atoms with E-state index in [0.717, 1.165) is 24.8 Å². The van der Waals surface area contributed by atoms with E-state index in [1.165, 1.54) is 12.4 Å². The van der Waals surface area contributed by atoms with Crippen LogP contribution in [0.4, 0.5) is 17.3 Å². The van der Waals surface area contributed by atoms with Gasteiger partial charge in [0.1, 0.15) is 35.0 Å². The molecule has 9 heteroatoms. The lowest BCUT2D eigenvalue weighted by molar-refractivity contribution is 0.0877. The number of hydrogen-bond acceptors (Lipinski definition) is 6. The van der Waals surface area contributed by atoms with Crippen LogP contribution in [-0.2, 0) is 5.66 Å². The van der Waals surface area contributed by atoms with Crippen molar-refractivity contribution in [3.8, 4) is 0 Å². The van der Waals surface area contributed by atoms with Crippen molar-refractivity contribution in [3.63, 3.8) is 0 Å². The van der Waals surface area contributed by atoms with E-state index < -0.39 is 5.66 Å². The number of nitrogens with zero attached hydrogens (tertiary/aromatic N) is 3. The van der Waals surface area contributed by atoms with E-state index in [0.29, 0.717) is 24.5 Å². The zero-order valence-corrected chi connectivity index (χ0v) is 16.6. The molecule has 4 N–H and O–H groups in total. The maximum absolute atomic E-state index is 13.4. The molecule has 1 aliphatic heterocycles. The summed E-state index contributed by atoms with van der Waals surface area (Å²) in [6, 6.07) is 1.49. The predicted octanol–water partition coefficient (Wildman–Crippen LogP) is 3.10. The summed E-state index contributed by atoms with van der Waals surface area (Å²) in [6.07, 6.45) is 5.75. The summed E-state index contributed by atoms with van der Waals surface area (Å²) < 4.78 is 1.54. The van der Waals surface area contributed by atoms with Crippen molar-refractivity contribution in [1.82, 2.24) is 19.9 Å². The topological polar surface area (TPSA) is 115 Å². The number of pyridine rings is 1. The number of amides is 1. The minimum Gasteiger partial charge on any atom is -0.383 e. The number of fused-ring (bicyclic) bond motifs is 2. The second-order valence-corrected chi connectivity index (χ2v) is 8.15. The summed E-state index contributed by atoms with van der Waals surface area (Å²) in [5, 5.41) is 6.33. The molecule has 3 heterocycles. The Labute approximate surface area is 167 Å². The van der Waals surface area contributed by atoms with Gasteiger partial charge in [0.25, 0.3) is 11.5 Å². The molecule has 1 spiro atoms. The van der Waals surface area contributed by atoms with E-state index in [-0.39, 0.29) is 33.8 Å². The van der Waals surface area contributed by atoms with Crippen LogP contribution in [0.3, 0.4) is 0 Å². The Bertz CT molecular complexity index is 1010. The van der Waals surface area contributed by atoms with Crippen LogP contribution in [0.25, 0.3) is 0 Å². The maximum Gasteiger partial charge on any atom is 0.276 e. The van der Waals surface area contributed by atoms with Gasteiger partial charge in [-0.1, -0.05) is 31.9 Å². The minimum absolute atomic E-state index is 0.0595. The predicted molar refractivity (Wildman–Crippen MR) is 108 cm³/mol. The molecule has 0 atom stereocenters. The van der Waals surface area contributed by atoms with E-state index in [4.69, 9.17) is 17.3 Å². The molecule has 148 valence electrons. The van der Waals surface area contributed by atoms with E-state index in [1.807, 2.05) is 13.8 Å². The molecule has 0 saturated heterocycles. The van der Waals surface area contributed by atoms with Gasteiger partial charge in [-0.25, -0.2) is 9.97 Å². The Kier molecular flexibility index (Phi) is 4.53. The van der Waals surface area contributed by atoms with Gasteiger partial charge in [-0.05, 0) is 37.7 Å². The highest BCUT2D eigenvalue weighted by Gasteiger charge is 2.45. The maximum atomic E-state index is 13.4. The zero-order valence-electron chi connectivity index (χ0n) is 15.9. The second-order valence-electron chi connectivity index (χ2n) is 7.74. The second kappa shape index (κ2) is 6.77. The number of halogens is 1. The molecule has 1 fully saturated rings. The van der Waals surface area contributed by atoms with Gasteiger partial charge in [-0.2, -0.15) is 0 Å². The average Bonchev–Trinajstić information content (AvgIpc) is 2.92. The molecule has 0 aromatic carbocycles. The summed E-state index contributed by atoms with van der Waals surface area (Å²) in [7, 11) is 0. The summed E-state index contributed by atoms with van der Waals surface area (Å²) in [5.74, 6) is 0.584. The smallest absolute Gasteiger partial charge is 0.276 e. The third-order valence-electron chi connectivity index (χ3n) is 5.57. The molecule has 0 unspecified atom stereocenters. The lowest BCUT2D eigenvalue weighted by atomic mass is 9.89. The van der Waals surface area contributed by atoms with Crippen LogP contribution >= 0.6 is 11.6 Å². The number of aromatic nitrogens is 3. The number of rotatable bonds is 3. The van der Waals surface area contributed by atoms with Crippen molar-refractivity contribution >= 4 is 34.8 Å². The molecule has 4 rings (SSSR count). The Balaban J connectivity index is 1.85. The van der Waals surface area contributed by atoms with Crippen LogP contribution in [-0.4, -0.2) is 20.4 Å². The first-order valence-corrected chi connectivity index (χ1v) is 9.88. The van der Waals surface area contributed by atoms with Gasteiger partial charge >= 0.3 is 0 Å². The number of carbonyl (C=O) groups excluding carboxylic acids is 1. The molecule has 8 nitrogen and oxygen atoms in total. The van der Waals surface area contributed by atoms with Gasteiger partial charge in [0, 0.05) is 5.56 Å². The van der Waals surface area contributed by atoms with Gasteiger partial charge in [-0.3, -0.25) is 14.2 Å². The molecule has 0 bridgehead atoms. The number of nitrogens with one attached hydrogen (secondary N) is 2. The molecule has 2 aliphatic rings. The van der Waals surface area contributed by atoms with Crippen molar-refractivity contribution in [2.75, 3.05) is 11.1 Å². The highest BCUT2D eigenvalue weighted by Crippen LogP contribution is 2.39. The fraction of sp³-hybridized carbons (Fsp3) is 0.474. The van der Waals surface area contributed by atoms with Crippen molar-refractivity contribution in [3.05, 3.63) is 39.0 Å². The monoisotopic (exact) mass is 402 g/mol. The third kappa shape index (κ3) is 2.83. The van der Waals surface area contributed by atoms with Crippen LogP contribution in [0.1, 0.15) is 67.9 Å². The third-order valence-corrected chi connectivity index (χ3v) is 5.86. The van der Waals surface area contributed by atoms with Gasteiger partial charge < -0.3 is 16.4 Å². The highest BCUT2D eigenvalue weighted by molar-refractivity contribution is 6.34. The van der Waals surface area contributed by atoms with Gasteiger partial charge in [-0.15, -0.1) is 0 Å². The normalized spacial score (nSPS) is 17.6. The van der Waals surface area contributed by atoms with Crippen molar-refractivity contribution in [2.24, 2.45) is 0 Å². The summed E-state index contributed by atoms with van der Waals surface area (Å²) in [6.45, 7) is 3.95. The zero-order chi connectivity index (χ0) is 20.1. The van der Waals surface area contributed by atoms with Crippen LogP contribution in [0.5, 0.6) is 0 Å². The molecule has 2 aromatic heterocycles. The lowest BCUT2D eigenvalue weighted by Crippen LogP contribution is -2.48. The fourth-order valence-corrected chi connectivity index (χ4v) is 4.59. The molecule has 0 radical (unpaired) electrons.